The third kappa shape index (κ3) is 3.51. The van der Waals surface area contributed by atoms with Crippen LogP contribution in [0.15, 0.2) is 40.8 Å². The predicted molar refractivity (Wildman–Crippen MR) is 103 cm³/mol. The maximum atomic E-state index is 12.7. The zero-order valence-corrected chi connectivity index (χ0v) is 15.6. The summed E-state index contributed by atoms with van der Waals surface area (Å²) in [7, 11) is -0.924. The summed E-state index contributed by atoms with van der Waals surface area (Å²) < 4.78 is 17.3. The lowest BCUT2D eigenvalue weighted by Gasteiger charge is -2.06. The number of fused-ring (bicyclic) bond motifs is 1. The van der Waals surface area contributed by atoms with Crippen molar-refractivity contribution in [3.8, 4) is 0 Å². The van der Waals surface area contributed by atoms with Crippen molar-refractivity contribution in [2.45, 2.75) is 26.5 Å². The molecule has 0 saturated heterocycles. The minimum absolute atomic E-state index is 0.276. The molecule has 0 bridgehead atoms. The Morgan fingerprint density at radius 3 is 2.52 bits per heavy atom. The van der Waals surface area contributed by atoms with Crippen LogP contribution < -0.4 is 5.32 Å². The summed E-state index contributed by atoms with van der Waals surface area (Å²) in [6, 6.07) is 11.4. The molecule has 0 spiro atoms. The van der Waals surface area contributed by atoms with Gasteiger partial charge in [0.25, 0.3) is 5.91 Å². The van der Waals surface area contributed by atoms with Crippen LogP contribution >= 0.6 is 0 Å². The summed E-state index contributed by atoms with van der Waals surface area (Å²) >= 11 is 0. The van der Waals surface area contributed by atoms with Gasteiger partial charge in [-0.2, -0.15) is 0 Å². The van der Waals surface area contributed by atoms with Crippen molar-refractivity contribution in [3.63, 3.8) is 0 Å². The van der Waals surface area contributed by atoms with E-state index in [4.69, 9.17) is 4.42 Å². The number of nitrogens with one attached hydrogen (secondary N) is 1. The van der Waals surface area contributed by atoms with Crippen LogP contribution in [0.5, 0.6) is 0 Å². The highest BCUT2D eigenvalue weighted by Gasteiger charge is 2.20. The first-order valence-electron chi connectivity index (χ1n) is 8.06. The first-order chi connectivity index (χ1) is 11.9. The summed E-state index contributed by atoms with van der Waals surface area (Å²) in [5, 5.41) is 3.88. The number of aryl methyl sites for hydroxylation is 3. The van der Waals surface area contributed by atoms with Crippen LogP contribution in [0.3, 0.4) is 0 Å². The van der Waals surface area contributed by atoms with Gasteiger partial charge >= 0.3 is 0 Å². The Hall–Kier alpha value is -2.40. The molecule has 3 rings (SSSR count). The van der Waals surface area contributed by atoms with Crippen LogP contribution in [0.1, 0.15) is 32.8 Å². The van der Waals surface area contributed by atoms with Gasteiger partial charge in [0.05, 0.1) is 0 Å². The maximum absolute atomic E-state index is 12.7. The van der Waals surface area contributed by atoms with Gasteiger partial charge in [0.1, 0.15) is 5.58 Å². The number of carbonyl (C=O) groups excluding carboxylic acids is 1. The summed E-state index contributed by atoms with van der Waals surface area (Å²) in [5.74, 6) is 0.519. The molecule has 1 amide bonds. The molecule has 2 aromatic carbocycles. The molecule has 1 unspecified atom stereocenters. The van der Waals surface area contributed by atoms with Crippen molar-refractivity contribution in [1.82, 2.24) is 0 Å². The molecule has 0 aliphatic rings. The van der Waals surface area contributed by atoms with Gasteiger partial charge in [0.15, 0.2) is 5.76 Å². The number of carbonyl (C=O) groups is 1. The van der Waals surface area contributed by atoms with Crippen molar-refractivity contribution >= 4 is 33.4 Å². The fourth-order valence-electron chi connectivity index (χ4n) is 3.05. The Kier molecular flexibility index (Phi) is 4.77. The summed E-state index contributed by atoms with van der Waals surface area (Å²) in [6.45, 7) is 5.89. The second kappa shape index (κ2) is 6.84. The Morgan fingerprint density at radius 1 is 1.12 bits per heavy atom. The van der Waals surface area contributed by atoms with E-state index in [0.717, 1.165) is 33.2 Å². The average Bonchev–Trinajstić information content (AvgIpc) is 2.90. The zero-order chi connectivity index (χ0) is 18.1. The number of amides is 1. The van der Waals surface area contributed by atoms with Gasteiger partial charge in [-0.1, -0.05) is 24.3 Å². The second-order valence-electron chi connectivity index (χ2n) is 6.33. The minimum Gasteiger partial charge on any atom is -0.450 e. The molecule has 4 nitrogen and oxygen atoms in total. The molecule has 25 heavy (non-hydrogen) atoms. The molecular formula is C20H21NO3S. The third-order valence-corrected chi connectivity index (χ3v) is 4.98. The van der Waals surface area contributed by atoms with E-state index < -0.39 is 10.8 Å². The van der Waals surface area contributed by atoms with Gasteiger partial charge in [0, 0.05) is 39.4 Å². The normalized spacial score (nSPS) is 12.3. The number of benzene rings is 2. The lowest BCUT2D eigenvalue weighted by molar-refractivity contribution is 0.0998. The largest absolute Gasteiger partial charge is 0.450 e. The minimum atomic E-state index is -0.924. The van der Waals surface area contributed by atoms with Crippen LogP contribution in [0.25, 0.3) is 11.0 Å². The van der Waals surface area contributed by atoms with Gasteiger partial charge in [-0.3, -0.25) is 9.00 Å². The van der Waals surface area contributed by atoms with E-state index in [1.807, 2.05) is 57.2 Å². The van der Waals surface area contributed by atoms with Crippen LogP contribution in [0.2, 0.25) is 0 Å². The third-order valence-electron chi connectivity index (χ3n) is 4.24. The molecule has 0 aliphatic carbocycles. The molecule has 0 radical (unpaired) electrons. The first kappa shape index (κ1) is 17.4. The molecule has 1 atom stereocenters. The van der Waals surface area contributed by atoms with E-state index in [1.54, 1.807) is 6.26 Å². The van der Waals surface area contributed by atoms with Gasteiger partial charge < -0.3 is 9.73 Å². The highest BCUT2D eigenvalue weighted by Crippen LogP contribution is 2.31. The number of anilines is 1. The molecule has 5 heteroatoms. The molecule has 0 saturated carbocycles. The molecule has 1 N–H and O–H groups in total. The second-order valence-corrected chi connectivity index (χ2v) is 7.77. The topological polar surface area (TPSA) is 59.3 Å². The van der Waals surface area contributed by atoms with E-state index in [1.165, 1.54) is 0 Å². The summed E-state index contributed by atoms with van der Waals surface area (Å²) in [6.07, 6.45) is 1.66. The quantitative estimate of drug-likeness (QED) is 0.750. The van der Waals surface area contributed by atoms with Crippen molar-refractivity contribution in [2.75, 3.05) is 11.6 Å². The Morgan fingerprint density at radius 2 is 1.84 bits per heavy atom. The average molecular weight is 355 g/mol. The van der Waals surface area contributed by atoms with Crippen LogP contribution in [-0.4, -0.2) is 16.4 Å². The molecule has 1 heterocycles. The Bertz CT molecular complexity index is 988. The molecular weight excluding hydrogens is 334 g/mol. The monoisotopic (exact) mass is 355 g/mol. The van der Waals surface area contributed by atoms with E-state index in [9.17, 15) is 9.00 Å². The molecule has 0 fully saturated rings. The van der Waals surface area contributed by atoms with Crippen molar-refractivity contribution in [3.05, 3.63) is 64.4 Å². The number of furan rings is 1. The first-order valence-corrected chi connectivity index (χ1v) is 9.79. The Labute approximate surface area is 149 Å². The van der Waals surface area contributed by atoms with E-state index in [0.29, 0.717) is 17.2 Å². The number of hydrogen-bond acceptors (Lipinski definition) is 3. The Balaban J connectivity index is 1.93. The molecule has 130 valence electrons. The van der Waals surface area contributed by atoms with Crippen LogP contribution in [-0.2, 0) is 16.6 Å². The van der Waals surface area contributed by atoms with Crippen LogP contribution in [0, 0.1) is 20.8 Å². The predicted octanol–water partition coefficient (Wildman–Crippen LogP) is 4.49. The number of rotatable bonds is 4. The fourth-order valence-corrected chi connectivity index (χ4v) is 3.70. The summed E-state index contributed by atoms with van der Waals surface area (Å²) in [5.41, 5.74) is 5.30. The van der Waals surface area contributed by atoms with Gasteiger partial charge in [-0.05, 0) is 49.6 Å². The zero-order valence-electron chi connectivity index (χ0n) is 14.8. The van der Waals surface area contributed by atoms with E-state index in [-0.39, 0.29) is 5.91 Å². The molecule has 1 aromatic heterocycles. The van der Waals surface area contributed by atoms with Gasteiger partial charge in [-0.15, -0.1) is 0 Å². The fraction of sp³-hybridized carbons (Fsp3) is 0.250. The number of hydrogen-bond donors (Lipinski definition) is 1. The maximum Gasteiger partial charge on any atom is 0.291 e. The summed E-state index contributed by atoms with van der Waals surface area (Å²) in [4.78, 5) is 12.7. The van der Waals surface area contributed by atoms with Crippen molar-refractivity contribution in [1.29, 1.82) is 0 Å². The van der Waals surface area contributed by atoms with Gasteiger partial charge in [0.2, 0.25) is 0 Å². The van der Waals surface area contributed by atoms with Crippen LogP contribution in [0.4, 0.5) is 5.69 Å². The van der Waals surface area contributed by atoms with E-state index >= 15 is 0 Å². The SMILES string of the molecule is Cc1ccc(C)c2c(C)c(C(=O)Nc3cccc(CS(C)=O)c3)oc12. The van der Waals surface area contributed by atoms with Crippen molar-refractivity contribution < 1.29 is 13.4 Å². The standard InChI is InChI=1S/C20H21NO3S/c1-12-8-9-13(2)18-17(12)14(3)19(24-18)20(22)21-16-7-5-6-15(10-16)11-25(4)23/h5-10H,11H2,1-4H3,(H,21,22). The highest BCUT2D eigenvalue weighted by molar-refractivity contribution is 7.83. The molecule has 0 aliphatic heterocycles. The smallest absolute Gasteiger partial charge is 0.291 e. The molecule has 3 aromatic rings. The van der Waals surface area contributed by atoms with Crippen molar-refractivity contribution in [2.24, 2.45) is 0 Å². The lowest BCUT2D eigenvalue weighted by atomic mass is 10.0. The highest BCUT2D eigenvalue weighted by atomic mass is 32.2. The van der Waals surface area contributed by atoms with Gasteiger partial charge in [-0.25, -0.2) is 0 Å². The lowest BCUT2D eigenvalue weighted by Crippen LogP contribution is -2.12. The van der Waals surface area contributed by atoms with E-state index in [2.05, 4.69) is 5.32 Å².